The Labute approximate surface area is 247 Å². The number of sulfonamides is 1. The van der Waals surface area contributed by atoms with Crippen LogP contribution in [-0.4, -0.2) is 73.5 Å². The molecule has 11 heteroatoms. The molecule has 0 atom stereocenters. The lowest BCUT2D eigenvalue weighted by molar-refractivity contribution is -0.117. The van der Waals surface area contributed by atoms with Gasteiger partial charge in [-0.25, -0.2) is 17.9 Å². The van der Waals surface area contributed by atoms with Crippen molar-refractivity contribution < 1.29 is 32.3 Å². The number of carbonyl (C=O) groups excluding carboxylic acids is 3. The summed E-state index contributed by atoms with van der Waals surface area (Å²) >= 11 is 0. The topological polar surface area (TPSA) is 122 Å². The first kappa shape index (κ1) is 31.1. The average Bonchev–Trinajstić information content (AvgIpc) is 2.92. The Balaban J connectivity index is 1.73. The zero-order chi connectivity index (χ0) is 30.9. The molecule has 1 saturated heterocycles. The van der Waals surface area contributed by atoms with Crippen molar-refractivity contribution in [3.63, 3.8) is 0 Å². The summed E-state index contributed by atoms with van der Waals surface area (Å²) in [6, 6.07) is 11.7. The van der Waals surface area contributed by atoms with Crippen LogP contribution in [-0.2, 0) is 19.6 Å². The lowest BCUT2D eigenvalue weighted by atomic mass is 9.83. The maximum absolute atomic E-state index is 12.9. The molecule has 0 unspecified atom stereocenters. The molecule has 10 nitrogen and oxygen atoms in total. The Bertz CT molecular complexity index is 1500. The molecule has 2 aromatic rings. The smallest absolute Gasteiger partial charge is 0.410 e. The first-order valence-electron chi connectivity index (χ1n) is 14.1. The minimum Gasteiger partial charge on any atom is -0.482 e. The Morgan fingerprint density at radius 3 is 2.19 bits per heavy atom. The van der Waals surface area contributed by atoms with E-state index in [1.165, 1.54) is 12.1 Å². The second kappa shape index (κ2) is 11.8. The lowest BCUT2D eigenvalue weighted by Gasteiger charge is -2.43. The monoisotopic (exact) mass is 597 g/mol. The molecular formula is C31H39N3O7S. The van der Waals surface area contributed by atoms with Gasteiger partial charge < -0.3 is 19.3 Å². The number of rotatable bonds is 6. The van der Waals surface area contributed by atoms with Crippen LogP contribution in [0.4, 0.5) is 4.79 Å². The first-order chi connectivity index (χ1) is 19.7. The highest BCUT2D eigenvalue weighted by atomic mass is 32.2. The third kappa shape index (κ3) is 6.78. The van der Waals surface area contributed by atoms with E-state index < -0.39 is 27.1 Å². The fourth-order valence-corrected chi connectivity index (χ4v) is 6.19. The van der Waals surface area contributed by atoms with Gasteiger partial charge >= 0.3 is 6.09 Å². The molecule has 1 spiro atoms. The number of carbonyl (C=O) groups is 3. The molecule has 226 valence electrons. The zero-order valence-corrected chi connectivity index (χ0v) is 25.8. The van der Waals surface area contributed by atoms with Crippen LogP contribution in [0.2, 0.25) is 0 Å². The predicted octanol–water partition coefficient (Wildman–Crippen LogP) is 4.59. The van der Waals surface area contributed by atoms with Crippen LogP contribution in [0.15, 0.2) is 53.4 Å². The summed E-state index contributed by atoms with van der Waals surface area (Å²) in [5.74, 6) is -0.269. The van der Waals surface area contributed by atoms with Crippen LogP contribution in [0, 0.1) is 0 Å². The van der Waals surface area contributed by atoms with E-state index in [1.54, 1.807) is 28.0 Å². The van der Waals surface area contributed by atoms with Gasteiger partial charge in [0.05, 0.1) is 4.90 Å². The van der Waals surface area contributed by atoms with Gasteiger partial charge in [0, 0.05) is 57.1 Å². The second-order valence-corrected chi connectivity index (χ2v) is 13.2. The molecule has 0 saturated carbocycles. The van der Waals surface area contributed by atoms with Crippen LogP contribution in [0.3, 0.4) is 0 Å². The number of hydrogen-bond acceptors (Lipinski definition) is 7. The maximum atomic E-state index is 12.9. The Hall–Kier alpha value is -3.86. The molecule has 0 radical (unpaired) electrons. The van der Waals surface area contributed by atoms with E-state index in [-0.39, 0.29) is 16.9 Å². The van der Waals surface area contributed by atoms with Crippen LogP contribution in [0.1, 0.15) is 75.9 Å². The number of benzene rings is 2. The van der Waals surface area contributed by atoms with Gasteiger partial charge in [-0.15, -0.1) is 0 Å². The van der Waals surface area contributed by atoms with Crippen LogP contribution >= 0.6 is 0 Å². The van der Waals surface area contributed by atoms with Crippen molar-refractivity contribution in [2.45, 2.75) is 70.5 Å². The summed E-state index contributed by atoms with van der Waals surface area (Å²) in [6.45, 7) is 12.5. The fourth-order valence-electron chi connectivity index (χ4n) is 5.18. The maximum Gasteiger partial charge on any atom is 0.410 e. The number of hydrogen-bond donors (Lipinski definition) is 1. The molecule has 1 fully saturated rings. The number of amides is 3. The van der Waals surface area contributed by atoms with E-state index in [4.69, 9.17) is 9.47 Å². The molecular weight excluding hydrogens is 558 g/mol. The van der Waals surface area contributed by atoms with E-state index in [0.29, 0.717) is 55.9 Å². The van der Waals surface area contributed by atoms with Gasteiger partial charge in [-0.05, 0) is 82.2 Å². The highest BCUT2D eigenvalue weighted by molar-refractivity contribution is 7.90. The molecule has 2 aromatic carbocycles. The van der Waals surface area contributed by atoms with Crippen molar-refractivity contribution in [3.8, 4) is 5.75 Å². The number of fused-ring (bicyclic) bond motifs is 1. The third-order valence-electron chi connectivity index (χ3n) is 7.31. The van der Waals surface area contributed by atoms with E-state index in [0.717, 1.165) is 18.1 Å². The first-order valence-corrected chi connectivity index (χ1v) is 15.6. The number of nitrogens with one attached hydrogen (secondary N) is 1. The second-order valence-electron chi connectivity index (χ2n) is 11.6. The number of ether oxygens (including phenoxy) is 2. The summed E-state index contributed by atoms with van der Waals surface area (Å²) in [5, 5.41) is 0. The Morgan fingerprint density at radius 1 is 1.02 bits per heavy atom. The molecule has 2 aliphatic heterocycles. The minimum absolute atomic E-state index is 0.0671. The van der Waals surface area contributed by atoms with E-state index in [9.17, 15) is 22.8 Å². The average molecular weight is 598 g/mol. The van der Waals surface area contributed by atoms with E-state index in [1.807, 2.05) is 57.5 Å². The highest BCUT2D eigenvalue weighted by Crippen LogP contribution is 2.44. The molecule has 0 aromatic heterocycles. The highest BCUT2D eigenvalue weighted by Gasteiger charge is 2.41. The standard InChI is InChI=1S/C31H39N3O7S/c1-7-33(8-2)28(36)23-11-9-22(10-12-23)26-20-31(15-17-34(18-16-31)29(37)41-30(4,5)6)40-27-14-13-24(19-25(26)27)42(38,39)32-21(3)35/h9-14,19-20H,7-8,15-18H2,1-6H3,(H,32,35). The van der Waals surface area contributed by atoms with Crippen molar-refractivity contribution in [2.24, 2.45) is 0 Å². The van der Waals surface area contributed by atoms with Gasteiger partial charge in [0.1, 0.15) is 17.0 Å². The largest absolute Gasteiger partial charge is 0.482 e. The predicted molar refractivity (Wildman–Crippen MR) is 159 cm³/mol. The minimum atomic E-state index is -4.09. The van der Waals surface area contributed by atoms with Crippen LogP contribution in [0.25, 0.3) is 5.57 Å². The van der Waals surface area contributed by atoms with Gasteiger partial charge in [-0.2, -0.15) is 0 Å². The normalized spacial score (nSPS) is 16.1. The molecule has 2 aliphatic rings. The summed E-state index contributed by atoms with van der Waals surface area (Å²) in [6.07, 6.45) is 2.61. The van der Waals surface area contributed by atoms with Gasteiger partial charge in [-0.3, -0.25) is 9.59 Å². The molecule has 0 aliphatic carbocycles. The summed E-state index contributed by atoms with van der Waals surface area (Å²) in [4.78, 5) is 40.5. The van der Waals surface area contributed by atoms with Gasteiger partial charge in [0.2, 0.25) is 5.91 Å². The van der Waals surface area contributed by atoms with Gasteiger partial charge in [0.25, 0.3) is 15.9 Å². The van der Waals surface area contributed by atoms with E-state index >= 15 is 0 Å². The molecule has 1 N–H and O–H groups in total. The van der Waals surface area contributed by atoms with Crippen LogP contribution in [0.5, 0.6) is 5.75 Å². The van der Waals surface area contributed by atoms with Crippen molar-refractivity contribution in [2.75, 3.05) is 26.2 Å². The molecule has 4 rings (SSSR count). The number of nitrogens with zero attached hydrogens (tertiary/aromatic N) is 2. The third-order valence-corrected chi connectivity index (χ3v) is 8.74. The molecule has 0 bridgehead atoms. The van der Waals surface area contributed by atoms with Crippen molar-refractivity contribution in [3.05, 3.63) is 65.2 Å². The summed E-state index contributed by atoms with van der Waals surface area (Å²) in [5.41, 5.74) is 1.27. The van der Waals surface area contributed by atoms with E-state index in [2.05, 4.69) is 0 Å². The quantitative estimate of drug-likeness (QED) is 0.517. The summed E-state index contributed by atoms with van der Waals surface area (Å²) in [7, 11) is -4.09. The lowest BCUT2D eigenvalue weighted by Crippen LogP contribution is -2.50. The summed E-state index contributed by atoms with van der Waals surface area (Å²) < 4.78 is 39.7. The fraction of sp³-hybridized carbons (Fsp3) is 0.452. The van der Waals surface area contributed by atoms with Crippen molar-refractivity contribution in [1.29, 1.82) is 0 Å². The molecule has 2 heterocycles. The van der Waals surface area contributed by atoms with Gasteiger partial charge in [-0.1, -0.05) is 12.1 Å². The Kier molecular flexibility index (Phi) is 8.73. The Morgan fingerprint density at radius 2 is 1.64 bits per heavy atom. The molecule has 42 heavy (non-hydrogen) atoms. The van der Waals surface area contributed by atoms with Gasteiger partial charge in [0.15, 0.2) is 0 Å². The molecule has 3 amide bonds. The number of likely N-dealkylation sites (tertiary alicyclic amines) is 1. The van der Waals surface area contributed by atoms with Crippen molar-refractivity contribution >= 4 is 33.5 Å². The SMILES string of the molecule is CCN(CC)C(=O)c1ccc(C2=CC3(CCN(C(=O)OC(C)(C)C)CC3)Oc3ccc(S(=O)(=O)NC(C)=O)cc32)cc1. The number of piperidine rings is 1. The zero-order valence-electron chi connectivity index (χ0n) is 25.0. The van der Waals surface area contributed by atoms with Crippen molar-refractivity contribution in [1.82, 2.24) is 14.5 Å². The van der Waals surface area contributed by atoms with Crippen LogP contribution < -0.4 is 9.46 Å².